The van der Waals surface area contributed by atoms with Crippen molar-refractivity contribution in [3.63, 3.8) is 0 Å². The van der Waals surface area contributed by atoms with E-state index in [2.05, 4.69) is 10.3 Å². The number of rotatable bonds is 5. The number of anilines is 1. The molecule has 1 aromatic heterocycles. The predicted octanol–water partition coefficient (Wildman–Crippen LogP) is 3.70. The van der Waals surface area contributed by atoms with Crippen LogP contribution in [-0.2, 0) is 13.0 Å². The Bertz CT molecular complexity index is 1200. The van der Waals surface area contributed by atoms with Crippen LogP contribution in [0.25, 0.3) is 11.0 Å². The Morgan fingerprint density at radius 2 is 2.10 bits per heavy atom. The summed E-state index contributed by atoms with van der Waals surface area (Å²) in [5.74, 6) is 1.11. The van der Waals surface area contributed by atoms with Gasteiger partial charge in [-0.1, -0.05) is 0 Å². The fourth-order valence-corrected chi connectivity index (χ4v) is 3.84. The molecule has 0 aliphatic carbocycles. The maximum absolute atomic E-state index is 13.0. The van der Waals surface area contributed by atoms with E-state index in [0.29, 0.717) is 46.9 Å². The number of carbonyl (C=O) groups is 1. The van der Waals surface area contributed by atoms with Crippen molar-refractivity contribution in [1.82, 2.24) is 9.55 Å². The molecule has 7 nitrogen and oxygen atoms in total. The van der Waals surface area contributed by atoms with E-state index in [0.717, 1.165) is 17.7 Å². The standard InChI is InChI=1S/C23H25N3O4/c1-5-26-19-8-7-15(10-17(19)24-14(4)23(26)28)22(27)25-18-12-20-16(9-13(3)30-20)11-21(18)29-6-2/h7-8,10-13H,5-6,9H2,1-4H3,(H,25,27)/t13-/m0/s1. The first-order valence-corrected chi connectivity index (χ1v) is 10.2. The van der Waals surface area contributed by atoms with Gasteiger partial charge in [-0.2, -0.15) is 0 Å². The average Bonchev–Trinajstić information content (AvgIpc) is 3.08. The zero-order chi connectivity index (χ0) is 21.4. The smallest absolute Gasteiger partial charge is 0.272 e. The molecule has 0 spiro atoms. The van der Waals surface area contributed by atoms with Crippen LogP contribution < -0.4 is 20.3 Å². The third-order valence-electron chi connectivity index (χ3n) is 5.23. The second-order valence-corrected chi connectivity index (χ2v) is 7.43. The molecule has 7 heteroatoms. The van der Waals surface area contributed by atoms with E-state index in [4.69, 9.17) is 9.47 Å². The number of aryl methyl sites for hydroxylation is 2. The van der Waals surface area contributed by atoms with Crippen molar-refractivity contribution in [2.24, 2.45) is 0 Å². The summed E-state index contributed by atoms with van der Waals surface area (Å²) < 4.78 is 13.2. The van der Waals surface area contributed by atoms with Crippen molar-refractivity contribution in [3.05, 3.63) is 57.5 Å². The number of benzene rings is 2. The van der Waals surface area contributed by atoms with E-state index in [-0.39, 0.29) is 17.6 Å². The summed E-state index contributed by atoms with van der Waals surface area (Å²) in [7, 11) is 0. The van der Waals surface area contributed by atoms with Gasteiger partial charge in [-0.05, 0) is 52.0 Å². The van der Waals surface area contributed by atoms with Crippen molar-refractivity contribution in [3.8, 4) is 11.5 Å². The van der Waals surface area contributed by atoms with Gasteiger partial charge in [0.1, 0.15) is 23.3 Å². The molecule has 4 rings (SSSR count). The van der Waals surface area contributed by atoms with Crippen LogP contribution >= 0.6 is 0 Å². The molecule has 0 fully saturated rings. The first kappa shape index (κ1) is 19.9. The lowest BCUT2D eigenvalue weighted by atomic mass is 10.1. The number of aromatic nitrogens is 2. The van der Waals surface area contributed by atoms with Gasteiger partial charge >= 0.3 is 0 Å². The average molecular weight is 407 g/mol. The molecule has 0 radical (unpaired) electrons. The zero-order valence-electron chi connectivity index (χ0n) is 17.6. The Morgan fingerprint density at radius 3 is 2.83 bits per heavy atom. The molecule has 3 aromatic rings. The van der Waals surface area contributed by atoms with E-state index >= 15 is 0 Å². The van der Waals surface area contributed by atoms with Gasteiger partial charge in [-0.3, -0.25) is 9.59 Å². The molecule has 156 valence electrons. The Kier molecular flexibility index (Phi) is 5.20. The Morgan fingerprint density at radius 1 is 1.30 bits per heavy atom. The van der Waals surface area contributed by atoms with Crippen molar-refractivity contribution in [2.45, 2.75) is 46.8 Å². The quantitative estimate of drug-likeness (QED) is 0.697. The number of nitrogens with one attached hydrogen (secondary N) is 1. The summed E-state index contributed by atoms with van der Waals surface area (Å²) in [4.78, 5) is 29.6. The molecule has 1 atom stereocenters. The molecule has 0 saturated carbocycles. The summed E-state index contributed by atoms with van der Waals surface area (Å²) in [5.41, 5.74) is 3.70. The molecular formula is C23H25N3O4. The molecule has 1 aliphatic rings. The summed E-state index contributed by atoms with van der Waals surface area (Å²) in [6.07, 6.45) is 0.921. The number of hydrogen-bond acceptors (Lipinski definition) is 5. The summed E-state index contributed by atoms with van der Waals surface area (Å²) in [6.45, 7) is 8.54. The second kappa shape index (κ2) is 7.82. The van der Waals surface area contributed by atoms with Crippen LogP contribution in [0, 0.1) is 6.92 Å². The first-order chi connectivity index (χ1) is 14.4. The van der Waals surface area contributed by atoms with Crippen LogP contribution in [-0.4, -0.2) is 28.2 Å². The predicted molar refractivity (Wildman–Crippen MR) is 116 cm³/mol. The number of nitrogens with zero attached hydrogens (tertiary/aromatic N) is 2. The molecule has 0 bridgehead atoms. The Balaban J connectivity index is 1.69. The Hall–Kier alpha value is -3.35. The number of amides is 1. The Labute approximate surface area is 174 Å². The summed E-state index contributed by atoms with van der Waals surface area (Å²) in [6, 6.07) is 8.92. The van der Waals surface area contributed by atoms with Gasteiger partial charge in [-0.25, -0.2) is 4.98 Å². The van der Waals surface area contributed by atoms with Crippen LogP contribution in [0.2, 0.25) is 0 Å². The number of carbonyl (C=O) groups excluding carboxylic acids is 1. The van der Waals surface area contributed by atoms with Crippen molar-refractivity contribution in [1.29, 1.82) is 0 Å². The molecule has 1 amide bonds. The van der Waals surface area contributed by atoms with E-state index in [1.807, 2.05) is 32.9 Å². The molecule has 0 unspecified atom stereocenters. The van der Waals surface area contributed by atoms with Gasteiger partial charge in [0, 0.05) is 30.2 Å². The summed E-state index contributed by atoms with van der Waals surface area (Å²) >= 11 is 0. The van der Waals surface area contributed by atoms with Crippen molar-refractivity contribution in [2.75, 3.05) is 11.9 Å². The second-order valence-electron chi connectivity index (χ2n) is 7.43. The van der Waals surface area contributed by atoms with Crippen LogP contribution in [0.3, 0.4) is 0 Å². The minimum Gasteiger partial charge on any atom is -0.492 e. The highest BCUT2D eigenvalue weighted by Gasteiger charge is 2.23. The highest BCUT2D eigenvalue weighted by Crippen LogP contribution is 2.38. The van der Waals surface area contributed by atoms with Gasteiger partial charge < -0.3 is 19.4 Å². The maximum atomic E-state index is 13.0. The van der Waals surface area contributed by atoms with E-state index in [9.17, 15) is 9.59 Å². The minimum atomic E-state index is -0.280. The summed E-state index contributed by atoms with van der Waals surface area (Å²) in [5, 5.41) is 2.94. The molecule has 0 saturated heterocycles. The monoisotopic (exact) mass is 407 g/mol. The van der Waals surface area contributed by atoms with Crippen LogP contribution in [0.5, 0.6) is 11.5 Å². The van der Waals surface area contributed by atoms with Crippen LogP contribution in [0.1, 0.15) is 42.4 Å². The topological polar surface area (TPSA) is 82.5 Å². The maximum Gasteiger partial charge on any atom is 0.272 e. The van der Waals surface area contributed by atoms with Gasteiger partial charge in [0.15, 0.2) is 0 Å². The van der Waals surface area contributed by atoms with Crippen LogP contribution in [0.4, 0.5) is 5.69 Å². The zero-order valence-corrected chi connectivity index (χ0v) is 17.6. The highest BCUT2D eigenvalue weighted by molar-refractivity contribution is 6.06. The normalized spacial score (nSPS) is 15.0. The number of ether oxygens (including phenoxy) is 2. The number of fused-ring (bicyclic) bond motifs is 2. The lowest BCUT2D eigenvalue weighted by Crippen LogP contribution is -2.23. The largest absolute Gasteiger partial charge is 0.492 e. The molecule has 1 aliphatic heterocycles. The fraction of sp³-hybridized carbons (Fsp3) is 0.348. The van der Waals surface area contributed by atoms with Crippen molar-refractivity contribution < 1.29 is 14.3 Å². The van der Waals surface area contributed by atoms with E-state index in [1.165, 1.54) is 0 Å². The molecular weight excluding hydrogens is 382 g/mol. The van der Waals surface area contributed by atoms with Gasteiger partial charge in [0.25, 0.3) is 11.5 Å². The van der Waals surface area contributed by atoms with Gasteiger partial charge in [0.05, 0.1) is 23.3 Å². The first-order valence-electron chi connectivity index (χ1n) is 10.2. The van der Waals surface area contributed by atoms with Gasteiger partial charge in [0.2, 0.25) is 0 Å². The fourth-order valence-electron chi connectivity index (χ4n) is 3.84. The lowest BCUT2D eigenvalue weighted by molar-refractivity contribution is 0.102. The minimum absolute atomic E-state index is 0.103. The highest BCUT2D eigenvalue weighted by atomic mass is 16.5. The number of hydrogen-bond donors (Lipinski definition) is 1. The molecule has 2 heterocycles. The lowest BCUT2D eigenvalue weighted by Gasteiger charge is -2.14. The van der Waals surface area contributed by atoms with E-state index in [1.54, 1.807) is 29.7 Å². The third-order valence-corrected chi connectivity index (χ3v) is 5.23. The molecule has 1 N–H and O–H groups in total. The molecule has 30 heavy (non-hydrogen) atoms. The van der Waals surface area contributed by atoms with Crippen molar-refractivity contribution >= 4 is 22.6 Å². The van der Waals surface area contributed by atoms with Crippen LogP contribution in [0.15, 0.2) is 35.1 Å². The van der Waals surface area contributed by atoms with E-state index < -0.39 is 0 Å². The van der Waals surface area contributed by atoms with Gasteiger partial charge in [-0.15, -0.1) is 0 Å². The third kappa shape index (κ3) is 3.51. The SMILES string of the molecule is CCOc1cc2c(cc1NC(=O)c1ccc3c(c1)nc(C)c(=O)n3CC)O[C@@H](C)C2. The molecule has 2 aromatic carbocycles.